The van der Waals surface area contributed by atoms with E-state index in [4.69, 9.17) is 9.84 Å². The zero-order valence-electron chi connectivity index (χ0n) is 10.8. The number of ether oxygens (including phenoxy) is 1. The molecule has 1 amide bonds. The van der Waals surface area contributed by atoms with Gasteiger partial charge in [-0.05, 0) is 40.0 Å². The monoisotopic (exact) mass is 245 g/mol. The van der Waals surface area contributed by atoms with E-state index in [9.17, 15) is 9.90 Å². The second-order valence-electron chi connectivity index (χ2n) is 5.49. The maximum atomic E-state index is 12.0. The molecule has 0 aromatic rings. The van der Waals surface area contributed by atoms with E-state index in [1.165, 1.54) is 4.90 Å². The van der Waals surface area contributed by atoms with Crippen LogP contribution in [0.2, 0.25) is 0 Å². The number of piperidine rings is 1. The van der Waals surface area contributed by atoms with E-state index in [2.05, 4.69) is 0 Å². The van der Waals surface area contributed by atoms with E-state index in [1.807, 2.05) is 20.8 Å². The topological polar surface area (TPSA) is 70.0 Å². The first-order valence-corrected chi connectivity index (χ1v) is 6.13. The molecular formula is C12H23NO4. The Kier molecular flexibility index (Phi) is 4.77. The van der Waals surface area contributed by atoms with Gasteiger partial charge in [0.2, 0.25) is 0 Å². The molecule has 0 saturated carbocycles. The van der Waals surface area contributed by atoms with Gasteiger partial charge in [0, 0.05) is 6.54 Å². The number of hydrogen-bond acceptors (Lipinski definition) is 4. The number of carbonyl (C=O) groups is 1. The average Bonchev–Trinajstić information content (AvgIpc) is 2.25. The fraction of sp³-hybridized carbons (Fsp3) is 0.917. The zero-order chi connectivity index (χ0) is 13.1. The summed E-state index contributed by atoms with van der Waals surface area (Å²) in [7, 11) is 0. The molecule has 0 bridgehead atoms. The summed E-state index contributed by atoms with van der Waals surface area (Å²) in [5.74, 6) is 0. The van der Waals surface area contributed by atoms with Crippen molar-refractivity contribution < 1.29 is 19.7 Å². The van der Waals surface area contributed by atoms with E-state index >= 15 is 0 Å². The number of amides is 1. The summed E-state index contributed by atoms with van der Waals surface area (Å²) >= 11 is 0. The molecule has 1 saturated heterocycles. The summed E-state index contributed by atoms with van der Waals surface area (Å²) < 4.78 is 5.30. The highest BCUT2D eigenvalue weighted by atomic mass is 16.6. The third-order valence-corrected chi connectivity index (χ3v) is 2.81. The van der Waals surface area contributed by atoms with E-state index in [0.717, 1.165) is 12.8 Å². The maximum Gasteiger partial charge on any atom is 0.410 e. The molecule has 1 rings (SSSR count). The van der Waals surface area contributed by atoms with Crippen LogP contribution < -0.4 is 0 Å². The Hall–Kier alpha value is -0.810. The van der Waals surface area contributed by atoms with Crippen LogP contribution in [0.3, 0.4) is 0 Å². The van der Waals surface area contributed by atoms with Gasteiger partial charge >= 0.3 is 6.09 Å². The number of aliphatic hydroxyl groups excluding tert-OH is 2. The molecule has 0 spiro atoms. The molecule has 2 atom stereocenters. The Balaban J connectivity index is 2.67. The molecule has 5 nitrogen and oxygen atoms in total. The quantitative estimate of drug-likeness (QED) is 0.765. The first kappa shape index (κ1) is 14.3. The zero-order valence-corrected chi connectivity index (χ0v) is 10.8. The van der Waals surface area contributed by atoms with Gasteiger partial charge in [0.1, 0.15) is 5.60 Å². The van der Waals surface area contributed by atoms with Gasteiger partial charge in [-0.3, -0.25) is 0 Å². The number of carbonyl (C=O) groups excluding carboxylic acids is 1. The average molecular weight is 245 g/mol. The second-order valence-corrected chi connectivity index (χ2v) is 5.49. The summed E-state index contributed by atoms with van der Waals surface area (Å²) in [4.78, 5) is 13.5. The lowest BCUT2D eigenvalue weighted by molar-refractivity contribution is -0.0290. The van der Waals surface area contributed by atoms with Crippen LogP contribution in [0.5, 0.6) is 0 Å². The van der Waals surface area contributed by atoms with E-state index in [1.54, 1.807) is 0 Å². The lowest BCUT2D eigenvalue weighted by Crippen LogP contribution is -2.52. The molecule has 0 radical (unpaired) electrons. The van der Waals surface area contributed by atoms with Gasteiger partial charge in [-0.25, -0.2) is 4.79 Å². The number of aliphatic hydroxyl groups is 2. The van der Waals surface area contributed by atoms with E-state index < -0.39 is 17.8 Å². The Morgan fingerprint density at radius 2 is 2.12 bits per heavy atom. The summed E-state index contributed by atoms with van der Waals surface area (Å²) in [5, 5.41) is 18.7. The number of rotatable bonds is 2. The molecule has 1 aliphatic heterocycles. The van der Waals surface area contributed by atoms with Gasteiger partial charge in [0.25, 0.3) is 0 Å². The third-order valence-electron chi connectivity index (χ3n) is 2.81. The summed E-state index contributed by atoms with van der Waals surface area (Å²) in [5.41, 5.74) is -0.538. The maximum absolute atomic E-state index is 12.0. The standard InChI is InChI=1S/C12H23NO4/c1-12(2,3)17-11(16)13-7-5-4-6-9(13)10(15)8-14/h9-10,14-15H,4-8H2,1-3H3. The Morgan fingerprint density at radius 1 is 1.47 bits per heavy atom. The lowest BCUT2D eigenvalue weighted by atomic mass is 9.98. The van der Waals surface area contributed by atoms with Crippen molar-refractivity contribution in [1.29, 1.82) is 0 Å². The molecule has 17 heavy (non-hydrogen) atoms. The molecule has 0 aromatic carbocycles. The summed E-state index contributed by atoms with van der Waals surface area (Å²) in [6.07, 6.45) is 1.29. The van der Waals surface area contributed by atoms with Crippen LogP contribution in [0.15, 0.2) is 0 Å². The van der Waals surface area contributed by atoms with Crippen LogP contribution in [0.25, 0.3) is 0 Å². The van der Waals surface area contributed by atoms with Crippen molar-refractivity contribution in [1.82, 2.24) is 4.90 Å². The Morgan fingerprint density at radius 3 is 2.65 bits per heavy atom. The lowest BCUT2D eigenvalue weighted by Gasteiger charge is -2.38. The Labute approximate surface area is 102 Å². The predicted molar refractivity (Wildman–Crippen MR) is 63.7 cm³/mol. The van der Waals surface area contributed by atoms with Gasteiger partial charge in [-0.2, -0.15) is 0 Å². The molecule has 2 unspecified atom stereocenters. The van der Waals surface area contributed by atoms with Crippen molar-refractivity contribution in [3.63, 3.8) is 0 Å². The highest BCUT2D eigenvalue weighted by molar-refractivity contribution is 5.68. The SMILES string of the molecule is CC(C)(C)OC(=O)N1CCCCC1C(O)CO. The molecule has 1 aliphatic rings. The van der Waals surface area contributed by atoms with E-state index in [-0.39, 0.29) is 12.6 Å². The highest BCUT2D eigenvalue weighted by Crippen LogP contribution is 2.22. The fourth-order valence-electron chi connectivity index (χ4n) is 2.03. The van der Waals surface area contributed by atoms with Gasteiger partial charge in [-0.1, -0.05) is 0 Å². The highest BCUT2D eigenvalue weighted by Gasteiger charge is 2.34. The second kappa shape index (κ2) is 5.69. The fourth-order valence-corrected chi connectivity index (χ4v) is 2.03. The van der Waals surface area contributed by atoms with Gasteiger partial charge < -0.3 is 19.8 Å². The van der Waals surface area contributed by atoms with Crippen LogP contribution in [0.1, 0.15) is 40.0 Å². The van der Waals surface area contributed by atoms with Crippen molar-refractivity contribution in [2.45, 2.75) is 57.8 Å². The first-order chi connectivity index (χ1) is 7.85. The Bertz CT molecular complexity index is 262. The molecule has 0 aromatic heterocycles. The van der Waals surface area contributed by atoms with Crippen molar-refractivity contribution in [3.05, 3.63) is 0 Å². The summed E-state index contributed by atoms with van der Waals surface area (Å²) in [6, 6.07) is -0.330. The van der Waals surface area contributed by atoms with Crippen LogP contribution in [0, 0.1) is 0 Å². The van der Waals surface area contributed by atoms with Crippen molar-refractivity contribution in [2.24, 2.45) is 0 Å². The molecule has 1 heterocycles. The minimum absolute atomic E-state index is 0.329. The van der Waals surface area contributed by atoms with Crippen LogP contribution in [-0.4, -0.2) is 52.1 Å². The van der Waals surface area contributed by atoms with E-state index in [0.29, 0.717) is 13.0 Å². The first-order valence-electron chi connectivity index (χ1n) is 6.13. The smallest absolute Gasteiger partial charge is 0.410 e. The predicted octanol–water partition coefficient (Wildman–Crippen LogP) is 1.13. The largest absolute Gasteiger partial charge is 0.444 e. The minimum atomic E-state index is -0.886. The number of likely N-dealkylation sites (tertiary alicyclic amines) is 1. The van der Waals surface area contributed by atoms with Crippen molar-refractivity contribution in [2.75, 3.05) is 13.2 Å². The molecule has 100 valence electrons. The van der Waals surface area contributed by atoms with Crippen molar-refractivity contribution in [3.8, 4) is 0 Å². The number of nitrogens with zero attached hydrogens (tertiary/aromatic N) is 1. The molecule has 2 N–H and O–H groups in total. The molecule has 5 heteroatoms. The van der Waals surface area contributed by atoms with Crippen LogP contribution >= 0.6 is 0 Å². The molecular weight excluding hydrogens is 222 g/mol. The molecule has 0 aliphatic carbocycles. The number of hydrogen-bond donors (Lipinski definition) is 2. The normalized spacial score (nSPS) is 23.4. The third kappa shape index (κ3) is 4.16. The van der Waals surface area contributed by atoms with Crippen LogP contribution in [0.4, 0.5) is 4.79 Å². The van der Waals surface area contributed by atoms with Gasteiger partial charge in [0.05, 0.1) is 18.8 Å². The van der Waals surface area contributed by atoms with Crippen LogP contribution in [-0.2, 0) is 4.74 Å². The molecule has 1 fully saturated rings. The van der Waals surface area contributed by atoms with Crippen molar-refractivity contribution >= 4 is 6.09 Å². The minimum Gasteiger partial charge on any atom is -0.444 e. The summed E-state index contributed by atoms with van der Waals surface area (Å²) in [6.45, 7) is 5.69. The van der Waals surface area contributed by atoms with Gasteiger partial charge in [-0.15, -0.1) is 0 Å². The van der Waals surface area contributed by atoms with Gasteiger partial charge in [0.15, 0.2) is 0 Å².